The van der Waals surface area contributed by atoms with Crippen molar-refractivity contribution in [3.63, 3.8) is 0 Å². The smallest absolute Gasteiger partial charge is 0.381 e. The van der Waals surface area contributed by atoms with Gasteiger partial charge in [0.15, 0.2) is 0 Å². The standard InChI is InChI=1S/C15H14F3N/c1-11-7-8-13(15(16,17)18)9-14(11)19-10-12-5-3-2-4-6-12/h2-9,19H,10H2,1H3. The first-order valence-corrected chi connectivity index (χ1v) is 5.92. The third-order valence-corrected chi connectivity index (χ3v) is 2.89. The Kier molecular flexibility index (Phi) is 3.79. The first-order valence-electron chi connectivity index (χ1n) is 5.92. The number of benzene rings is 2. The van der Waals surface area contributed by atoms with Crippen LogP contribution in [0.3, 0.4) is 0 Å². The molecule has 2 aromatic rings. The van der Waals surface area contributed by atoms with Gasteiger partial charge in [0, 0.05) is 12.2 Å². The lowest BCUT2D eigenvalue weighted by Gasteiger charge is -2.13. The molecule has 0 amide bonds. The first kappa shape index (κ1) is 13.5. The minimum atomic E-state index is -4.31. The maximum absolute atomic E-state index is 12.6. The van der Waals surface area contributed by atoms with Crippen molar-refractivity contribution < 1.29 is 13.2 Å². The van der Waals surface area contributed by atoms with E-state index < -0.39 is 11.7 Å². The molecule has 4 heteroatoms. The number of nitrogens with one attached hydrogen (secondary N) is 1. The summed E-state index contributed by atoms with van der Waals surface area (Å²) in [6.45, 7) is 2.29. The van der Waals surface area contributed by atoms with E-state index in [1.807, 2.05) is 30.3 Å². The van der Waals surface area contributed by atoms with E-state index in [0.29, 0.717) is 12.2 Å². The van der Waals surface area contributed by atoms with E-state index in [4.69, 9.17) is 0 Å². The normalized spacial score (nSPS) is 11.4. The van der Waals surface area contributed by atoms with E-state index in [0.717, 1.165) is 23.3 Å². The summed E-state index contributed by atoms with van der Waals surface area (Å²) in [5.74, 6) is 0. The van der Waals surface area contributed by atoms with Gasteiger partial charge in [0.05, 0.1) is 5.56 Å². The molecular weight excluding hydrogens is 251 g/mol. The van der Waals surface area contributed by atoms with Crippen LogP contribution in [0.1, 0.15) is 16.7 Å². The third kappa shape index (κ3) is 3.50. The summed E-state index contributed by atoms with van der Waals surface area (Å²) in [6.07, 6.45) is -4.31. The summed E-state index contributed by atoms with van der Waals surface area (Å²) in [4.78, 5) is 0. The Balaban J connectivity index is 2.16. The van der Waals surface area contributed by atoms with Crippen molar-refractivity contribution in [1.29, 1.82) is 0 Å². The summed E-state index contributed by atoms with van der Waals surface area (Å²) in [7, 11) is 0. The van der Waals surface area contributed by atoms with E-state index in [1.165, 1.54) is 6.07 Å². The molecule has 2 rings (SSSR count). The maximum atomic E-state index is 12.6. The van der Waals surface area contributed by atoms with Gasteiger partial charge in [-0.3, -0.25) is 0 Å². The van der Waals surface area contributed by atoms with Gasteiger partial charge >= 0.3 is 6.18 Å². The number of alkyl halides is 3. The summed E-state index contributed by atoms with van der Waals surface area (Å²) >= 11 is 0. The molecule has 0 fully saturated rings. The number of anilines is 1. The third-order valence-electron chi connectivity index (χ3n) is 2.89. The molecular formula is C15H14F3N. The van der Waals surface area contributed by atoms with Gasteiger partial charge in [0.1, 0.15) is 0 Å². The zero-order chi connectivity index (χ0) is 13.9. The van der Waals surface area contributed by atoms with Gasteiger partial charge in [-0.2, -0.15) is 13.2 Å². The van der Waals surface area contributed by atoms with Crippen molar-refractivity contribution in [3.8, 4) is 0 Å². The van der Waals surface area contributed by atoms with Gasteiger partial charge in [-0.1, -0.05) is 36.4 Å². The molecule has 0 aliphatic rings. The molecule has 0 spiro atoms. The van der Waals surface area contributed by atoms with Gasteiger partial charge in [0.2, 0.25) is 0 Å². The first-order chi connectivity index (χ1) is 8.97. The second kappa shape index (κ2) is 5.34. The Morgan fingerprint density at radius 3 is 2.32 bits per heavy atom. The van der Waals surface area contributed by atoms with E-state index in [9.17, 15) is 13.2 Å². The summed E-state index contributed by atoms with van der Waals surface area (Å²) in [5.41, 5.74) is 1.70. The van der Waals surface area contributed by atoms with Crippen LogP contribution in [-0.2, 0) is 12.7 Å². The molecule has 1 nitrogen and oxygen atoms in total. The predicted molar refractivity (Wildman–Crippen MR) is 69.9 cm³/mol. The van der Waals surface area contributed by atoms with E-state index in [1.54, 1.807) is 6.92 Å². The van der Waals surface area contributed by atoms with Crippen LogP contribution in [-0.4, -0.2) is 0 Å². The minimum Gasteiger partial charge on any atom is -0.381 e. The maximum Gasteiger partial charge on any atom is 0.416 e. The molecule has 0 radical (unpaired) electrons. The van der Waals surface area contributed by atoms with E-state index in [-0.39, 0.29) is 0 Å². The van der Waals surface area contributed by atoms with Gasteiger partial charge in [-0.15, -0.1) is 0 Å². The second-order valence-corrected chi connectivity index (χ2v) is 4.37. The molecule has 0 atom stereocenters. The summed E-state index contributed by atoms with van der Waals surface area (Å²) in [5, 5.41) is 3.04. The van der Waals surface area contributed by atoms with Crippen LogP contribution in [0.4, 0.5) is 18.9 Å². The molecule has 0 bridgehead atoms. The summed E-state index contributed by atoms with van der Waals surface area (Å²) < 4.78 is 37.9. The highest BCUT2D eigenvalue weighted by atomic mass is 19.4. The highest BCUT2D eigenvalue weighted by molar-refractivity contribution is 5.53. The lowest BCUT2D eigenvalue weighted by molar-refractivity contribution is -0.137. The fourth-order valence-corrected chi connectivity index (χ4v) is 1.78. The SMILES string of the molecule is Cc1ccc(C(F)(F)F)cc1NCc1ccccc1. The Morgan fingerprint density at radius 1 is 1.00 bits per heavy atom. The molecule has 1 N–H and O–H groups in total. The quantitative estimate of drug-likeness (QED) is 0.853. The van der Waals surface area contributed by atoms with Gasteiger partial charge < -0.3 is 5.32 Å². The van der Waals surface area contributed by atoms with Crippen LogP contribution < -0.4 is 5.32 Å². The Hall–Kier alpha value is -1.97. The van der Waals surface area contributed by atoms with E-state index >= 15 is 0 Å². The topological polar surface area (TPSA) is 12.0 Å². The van der Waals surface area contributed by atoms with Crippen molar-refractivity contribution in [2.24, 2.45) is 0 Å². The van der Waals surface area contributed by atoms with Crippen molar-refractivity contribution in [3.05, 3.63) is 65.2 Å². The fraction of sp³-hybridized carbons (Fsp3) is 0.200. The van der Waals surface area contributed by atoms with Crippen molar-refractivity contribution in [2.45, 2.75) is 19.6 Å². The Bertz CT molecular complexity index is 547. The van der Waals surface area contributed by atoms with Gasteiger partial charge in [-0.25, -0.2) is 0 Å². The molecule has 0 saturated carbocycles. The number of rotatable bonds is 3. The molecule has 0 unspecified atom stereocenters. The number of hydrogen-bond acceptors (Lipinski definition) is 1. The monoisotopic (exact) mass is 265 g/mol. The molecule has 0 heterocycles. The second-order valence-electron chi connectivity index (χ2n) is 4.37. The number of halogens is 3. The number of hydrogen-bond donors (Lipinski definition) is 1. The number of aryl methyl sites for hydroxylation is 1. The Labute approximate surface area is 110 Å². The van der Waals surface area contributed by atoms with Crippen LogP contribution in [0.2, 0.25) is 0 Å². The average Bonchev–Trinajstić information content (AvgIpc) is 2.37. The molecule has 0 aromatic heterocycles. The van der Waals surface area contributed by atoms with Crippen LogP contribution in [0.25, 0.3) is 0 Å². The average molecular weight is 265 g/mol. The zero-order valence-electron chi connectivity index (χ0n) is 10.5. The van der Waals surface area contributed by atoms with Gasteiger partial charge in [0.25, 0.3) is 0 Å². The largest absolute Gasteiger partial charge is 0.416 e. The zero-order valence-corrected chi connectivity index (χ0v) is 10.5. The molecule has 100 valence electrons. The van der Waals surface area contributed by atoms with Crippen molar-refractivity contribution in [2.75, 3.05) is 5.32 Å². The van der Waals surface area contributed by atoms with E-state index in [2.05, 4.69) is 5.32 Å². The highest BCUT2D eigenvalue weighted by Crippen LogP contribution is 2.32. The van der Waals surface area contributed by atoms with Crippen molar-refractivity contribution in [1.82, 2.24) is 0 Å². The Morgan fingerprint density at radius 2 is 1.68 bits per heavy atom. The molecule has 0 aliphatic heterocycles. The minimum absolute atomic E-state index is 0.503. The molecule has 19 heavy (non-hydrogen) atoms. The molecule has 0 saturated heterocycles. The molecule has 2 aromatic carbocycles. The predicted octanol–water partition coefficient (Wildman–Crippen LogP) is 4.63. The highest BCUT2D eigenvalue weighted by Gasteiger charge is 2.30. The van der Waals surface area contributed by atoms with Crippen molar-refractivity contribution >= 4 is 5.69 Å². The molecule has 0 aliphatic carbocycles. The van der Waals surface area contributed by atoms with Gasteiger partial charge in [-0.05, 0) is 30.2 Å². The van der Waals surface area contributed by atoms with Crippen LogP contribution in [0, 0.1) is 6.92 Å². The van der Waals surface area contributed by atoms with Crippen LogP contribution in [0.15, 0.2) is 48.5 Å². The lowest BCUT2D eigenvalue weighted by atomic mass is 10.1. The summed E-state index contributed by atoms with van der Waals surface area (Å²) in [6, 6.07) is 13.3. The van der Waals surface area contributed by atoms with Crippen LogP contribution in [0.5, 0.6) is 0 Å². The fourth-order valence-electron chi connectivity index (χ4n) is 1.78. The van der Waals surface area contributed by atoms with Crippen LogP contribution >= 0.6 is 0 Å². The lowest BCUT2D eigenvalue weighted by Crippen LogP contribution is -2.07.